The fraction of sp³-hybridized carbons (Fsp3) is 0.318. The van der Waals surface area contributed by atoms with Crippen LogP contribution >= 0.6 is 0 Å². The SMILES string of the molecule is CCC(Oc1cccc(C)c1C)C(=O)NCc1nc(-c2cccc(C)c2)no1. The van der Waals surface area contributed by atoms with E-state index in [9.17, 15) is 4.79 Å². The molecule has 1 unspecified atom stereocenters. The van der Waals surface area contributed by atoms with Crippen molar-refractivity contribution < 1.29 is 14.1 Å². The molecule has 1 atom stereocenters. The van der Waals surface area contributed by atoms with E-state index in [-0.39, 0.29) is 12.5 Å². The molecule has 6 heteroatoms. The Morgan fingerprint density at radius 3 is 2.71 bits per heavy atom. The maximum atomic E-state index is 12.5. The van der Waals surface area contributed by atoms with Crippen LogP contribution in [-0.4, -0.2) is 22.2 Å². The highest BCUT2D eigenvalue weighted by atomic mass is 16.5. The van der Waals surface area contributed by atoms with Gasteiger partial charge < -0.3 is 14.6 Å². The lowest BCUT2D eigenvalue weighted by Gasteiger charge is -2.18. The van der Waals surface area contributed by atoms with E-state index in [2.05, 4.69) is 15.5 Å². The van der Waals surface area contributed by atoms with Gasteiger partial charge in [0.1, 0.15) is 5.75 Å². The molecule has 0 bridgehead atoms. The normalized spacial score (nSPS) is 11.9. The van der Waals surface area contributed by atoms with Gasteiger partial charge in [-0.15, -0.1) is 0 Å². The van der Waals surface area contributed by atoms with Gasteiger partial charge in [0.15, 0.2) is 6.10 Å². The van der Waals surface area contributed by atoms with Crippen molar-refractivity contribution in [1.82, 2.24) is 15.5 Å². The van der Waals surface area contributed by atoms with Gasteiger partial charge in [-0.05, 0) is 50.5 Å². The van der Waals surface area contributed by atoms with Crippen LogP contribution in [0.25, 0.3) is 11.4 Å². The third kappa shape index (κ3) is 4.57. The standard InChI is InChI=1S/C22H25N3O3/c1-5-18(27-19-11-7-9-15(3)16(19)4)22(26)23-13-20-24-21(25-28-20)17-10-6-8-14(2)12-17/h6-12,18H,5,13H2,1-4H3,(H,23,26). The maximum absolute atomic E-state index is 12.5. The first-order chi connectivity index (χ1) is 13.5. The van der Waals surface area contributed by atoms with E-state index in [1.165, 1.54) is 0 Å². The molecule has 1 aromatic heterocycles. The van der Waals surface area contributed by atoms with Crippen LogP contribution in [0.15, 0.2) is 47.0 Å². The fourth-order valence-electron chi connectivity index (χ4n) is 2.83. The molecule has 3 aromatic rings. The second-order valence-corrected chi connectivity index (χ2v) is 6.81. The lowest BCUT2D eigenvalue weighted by Crippen LogP contribution is -2.37. The van der Waals surface area contributed by atoms with Crippen molar-refractivity contribution in [1.29, 1.82) is 0 Å². The number of hydrogen-bond donors (Lipinski definition) is 1. The van der Waals surface area contributed by atoms with Crippen molar-refractivity contribution >= 4 is 5.91 Å². The summed E-state index contributed by atoms with van der Waals surface area (Å²) >= 11 is 0. The summed E-state index contributed by atoms with van der Waals surface area (Å²) in [7, 11) is 0. The minimum atomic E-state index is -0.584. The molecule has 28 heavy (non-hydrogen) atoms. The van der Waals surface area contributed by atoms with E-state index in [4.69, 9.17) is 9.26 Å². The summed E-state index contributed by atoms with van der Waals surface area (Å²) in [6.45, 7) is 8.08. The van der Waals surface area contributed by atoms with Gasteiger partial charge in [-0.3, -0.25) is 4.79 Å². The lowest BCUT2D eigenvalue weighted by molar-refractivity contribution is -0.128. The quantitative estimate of drug-likeness (QED) is 0.668. The molecular weight excluding hydrogens is 354 g/mol. The number of hydrogen-bond acceptors (Lipinski definition) is 5. The predicted octanol–water partition coefficient (Wildman–Crippen LogP) is 4.14. The molecule has 0 radical (unpaired) electrons. The van der Waals surface area contributed by atoms with Gasteiger partial charge in [0.05, 0.1) is 6.54 Å². The summed E-state index contributed by atoms with van der Waals surface area (Å²) in [4.78, 5) is 16.9. The molecule has 0 saturated carbocycles. The monoisotopic (exact) mass is 379 g/mol. The topological polar surface area (TPSA) is 77.2 Å². The maximum Gasteiger partial charge on any atom is 0.261 e. The second-order valence-electron chi connectivity index (χ2n) is 6.81. The van der Waals surface area contributed by atoms with Crippen molar-refractivity contribution in [2.75, 3.05) is 0 Å². The Morgan fingerprint density at radius 1 is 1.18 bits per heavy atom. The molecule has 0 aliphatic heterocycles. The number of benzene rings is 2. The van der Waals surface area contributed by atoms with Gasteiger partial charge in [-0.25, -0.2) is 0 Å². The molecule has 2 aromatic carbocycles. The molecule has 0 fully saturated rings. The first-order valence-electron chi connectivity index (χ1n) is 9.38. The van der Waals surface area contributed by atoms with Crippen molar-refractivity contribution in [3.05, 3.63) is 65.0 Å². The Kier molecular flexibility index (Phi) is 6.09. The van der Waals surface area contributed by atoms with E-state index >= 15 is 0 Å². The summed E-state index contributed by atoms with van der Waals surface area (Å²) in [6.07, 6.45) is -0.0305. The Bertz CT molecular complexity index is 965. The highest BCUT2D eigenvalue weighted by Crippen LogP contribution is 2.22. The minimum Gasteiger partial charge on any atom is -0.480 e. The Morgan fingerprint density at radius 2 is 1.96 bits per heavy atom. The number of ether oxygens (including phenoxy) is 1. The number of nitrogens with zero attached hydrogens (tertiary/aromatic N) is 2. The van der Waals surface area contributed by atoms with Crippen LogP contribution in [0.4, 0.5) is 0 Å². The number of nitrogens with one attached hydrogen (secondary N) is 1. The zero-order valence-electron chi connectivity index (χ0n) is 16.7. The predicted molar refractivity (Wildman–Crippen MR) is 107 cm³/mol. The number of carbonyl (C=O) groups excluding carboxylic acids is 1. The Hall–Kier alpha value is -3.15. The minimum absolute atomic E-state index is 0.157. The van der Waals surface area contributed by atoms with Crippen molar-refractivity contribution in [2.24, 2.45) is 0 Å². The zero-order chi connectivity index (χ0) is 20.1. The van der Waals surface area contributed by atoms with Crippen molar-refractivity contribution in [3.63, 3.8) is 0 Å². The molecule has 1 N–H and O–H groups in total. The molecule has 6 nitrogen and oxygen atoms in total. The third-order valence-corrected chi connectivity index (χ3v) is 4.65. The molecule has 3 rings (SSSR count). The number of aromatic nitrogens is 2. The molecule has 0 saturated heterocycles. The van der Waals surface area contributed by atoms with Gasteiger partial charge in [0.2, 0.25) is 11.7 Å². The van der Waals surface area contributed by atoms with Gasteiger partial charge >= 0.3 is 0 Å². The molecular formula is C22H25N3O3. The van der Waals surface area contributed by atoms with Crippen LogP contribution in [0.1, 0.15) is 35.9 Å². The summed E-state index contributed by atoms with van der Waals surface area (Å²) < 4.78 is 11.2. The summed E-state index contributed by atoms with van der Waals surface area (Å²) in [5.74, 6) is 1.37. The van der Waals surface area contributed by atoms with Crippen molar-refractivity contribution in [3.8, 4) is 17.1 Å². The van der Waals surface area contributed by atoms with E-state index in [0.29, 0.717) is 18.1 Å². The van der Waals surface area contributed by atoms with Crippen LogP contribution in [0, 0.1) is 20.8 Å². The highest BCUT2D eigenvalue weighted by Gasteiger charge is 2.20. The lowest BCUT2D eigenvalue weighted by atomic mass is 10.1. The smallest absolute Gasteiger partial charge is 0.261 e. The van der Waals surface area contributed by atoms with E-state index in [1.54, 1.807) is 0 Å². The zero-order valence-corrected chi connectivity index (χ0v) is 16.7. The second kappa shape index (κ2) is 8.69. The van der Waals surface area contributed by atoms with Gasteiger partial charge in [-0.1, -0.05) is 48.0 Å². The number of amides is 1. The average molecular weight is 379 g/mol. The first kappa shape index (κ1) is 19.6. The van der Waals surface area contributed by atoms with Gasteiger partial charge in [-0.2, -0.15) is 4.98 Å². The Labute approximate surface area is 164 Å². The fourth-order valence-corrected chi connectivity index (χ4v) is 2.83. The van der Waals surface area contributed by atoms with Crippen LogP contribution in [0.2, 0.25) is 0 Å². The van der Waals surface area contributed by atoms with E-state index in [0.717, 1.165) is 28.0 Å². The van der Waals surface area contributed by atoms with Crippen LogP contribution in [-0.2, 0) is 11.3 Å². The molecule has 1 amide bonds. The molecule has 0 aliphatic rings. The van der Waals surface area contributed by atoms with Crippen LogP contribution < -0.4 is 10.1 Å². The first-order valence-corrected chi connectivity index (χ1v) is 9.38. The van der Waals surface area contributed by atoms with E-state index < -0.39 is 6.10 Å². The van der Waals surface area contributed by atoms with Gasteiger partial charge in [0.25, 0.3) is 5.91 Å². The number of rotatable bonds is 7. The number of aryl methyl sites for hydroxylation is 2. The van der Waals surface area contributed by atoms with Crippen LogP contribution in [0.3, 0.4) is 0 Å². The Balaban J connectivity index is 1.62. The average Bonchev–Trinajstić information content (AvgIpc) is 3.16. The summed E-state index contributed by atoms with van der Waals surface area (Å²) in [5.41, 5.74) is 4.16. The van der Waals surface area contributed by atoms with E-state index in [1.807, 2.05) is 70.2 Å². The highest BCUT2D eigenvalue weighted by molar-refractivity contribution is 5.81. The molecule has 0 aliphatic carbocycles. The summed E-state index contributed by atoms with van der Waals surface area (Å²) in [5, 5.41) is 6.81. The van der Waals surface area contributed by atoms with Crippen LogP contribution in [0.5, 0.6) is 5.75 Å². The molecule has 146 valence electrons. The van der Waals surface area contributed by atoms with Gasteiger partial charge in [0, 0.05) is 5.56 Å². The number of carbonyl (C=O) groups is 1. The van der Waals surface area contributed by atoms with Crippen molar-refractivity contribution in [2.45, 2.75) is 46.8 Å². The summed E-state index contributed by atoms with van der Waals surface area (Å²) in [6, 6.07) is 13.7. The molecule has 1 heterocycles. The largest absolute Gasteiger partial charge is 0.480 e. The third-order valence-electron chi connectivity index (χ3n) is 4.65. The molecule has 0 spiro atoms.